The fraction of sp³-hybridized carbons (Fsp3) is 0.421. The van der Waals surface area contributed by atoms with Crippen LogP contribution in [0.25, 0.3) is 5.70 Å². The first kappa shape index (κ1) is 22.6. The lowest BCUT2D eigenvalue weighted by Crippen LogP contribution is -2.49. The molecule has 2 amide bonds. The summed E-state index contributed by atoms with van der Waals surface area (Å²) in [7, 11) is 0. The summed E-state index contributed by atoms with van der Waals surface area (Å²) < 4.78 is 18.8. The molecule has 1 aromatic carbocycles. The molecule has 8 nitrogen and oxygen atoms in total. The zero-order valence-electron chi connectivity index (χ0n) is 16.4. The van der Waals surface area contributed by atoms with Crippen molar-refractivity contribution in [1.82, 2.24) is 4.90 Å². The fourth-order valence-electron chi connectivity index (χ4n) is 2.75. The SMILES string of the molecule is CC(C)(C)OC(=O)N1CC(C(C(N)=O)=C(N)c2ccc(F)c(Cl)c2)=NC(CO)C1. The van der Waals surface area contributed by atoms with Crippen molar-refractivity contribution in [3.05, 3.63) is 40.2 Å². The Morgan fingerprint density at radius 1 is 1.38 bits per heavy atom. The Morgan fingerprint density at radius 3 is 2.55 bits per heavy atom. The van der Waals surface area contributed by atoms with Crippen molar-refractivity contribution in [3.8, 4) is 0 Å². The smallest absolute Gasteiger partial charge is 0.410 e. The van der Waals surface area contributed by atoms with Gasteiger partial charge in [0.15, 0.2) is 0 Å². The van der Waals surface area contributed by atoms with Crippen LogP contribution in [0.15, 0.2) is 28.8 Å². The number of carbonyl (C=O) groups is 2. The molecular weight excluding hydrogens is 403 g/mol. The molecule has 1 aromatic rings. The van der Waals surface area contributed by atoms with Gasteiger partial charge in [-0.2, -0.15) is 0 Å². The summed E-state index contributed by atoms with van der Waals surface area (Å²) >= 11 is 5.80. The van der Waals surface area contributed by atoms with Crippen LogP contribution in [0.5, 0.6) is 0 Å². The molecule has 0 aliphatic carbocycles. The third-order valence-electron chi connectivity index (χ3n) is 4.01. The van der Waals surface area contributed by atoms with Crippen molar-refractivity contribution in [1.29, 1.82) is 0 Å². The molecule has 0 saturated carbocycles. The van der Waals surface area contributed by atoms with Crippen molar-refractivity contribution in [2.75, 3.05) is 19.7 Å². The van der Waals surface area contributed by atoms with E-state index in [2.05, 4.69) is 4.99 Å². The van der Waals surface area contributed by atoms with Gasteiger partial charge in [0.05, 0.1) is 41.2 Å². The summed E-state index contributed by atoms with van der Waals surface area (Å²) in [5.74, 6) is -1.53. The van der Waals surface area contributed by atoms with E-state index in [9.17, 15) is 19.1 Å². The van der Waals surface area contributed by atoms with Crippen LogP contribution in [0.3, 0.4) is 0 Å². The quantitative estimate of drug-likeness (QED) is 0.630. The third kappa shape index (κ3) is 5.68. The van der Waals surface area contributed by atoms with Gasteiger partial charge >= 0.3 is 6.09 Å². The molecule has 29 heavy (non-hydrogen) atoms. The Hall–Kier alpha value is -2.65. The molecule has 1 aliphatic heterocycles. The van der Waals surface area contributed by atoms with E-state index < -0.39 is 29.5 Å². The van der Waals surface area contributed by atoms with Crippen LogP contribution in [0.2, 0.25) is 5.02 Å². The number of aliphatic imine (C=N–C) groups is 1. The van der Waals surface area contributed by atoms with Gasteiger partial charge in [-0.1, -0.05) is 11.6 Å². The zero-order valence-corrected chi connectivity index (χ0v) is 17.2. The first-order valence-corrected chi connectivity index (χ1v) is 9.21. The maximum atomic E-state index is 13.5. The second-order valence-electron chi connectivity index (χ2n) is 7.55. The Labute approximate surface area is 173 Å². The van der Waals surface area contributed by atoms with E-state index in [0.29, 0.717) is 0 Å². The van der Waals surface area contributed by atoms with E-state index in [4.69, 9.17) is 27.8 Å². The second kappa shape index (κ2) is 8.79. The summed E-state index contributed by atoms with van der Waals surface area (Å²) in [6.45, 7) is 4.80. The van der Waals surface area contributed by atoms with Gasteiger partial charge in [0, 0.05) is 6.54 Å². The molecule has 2 rings (SSSR count). The number of primary amides is 1. The lowest BCUT2D eigenvalue weighted by atomic mass is 10.00. The molecule has 1 atom stereocenters. The minimum atomic E-state index is -0.885. The number of ether oxygens (including phenoxy) is 1. The number of benzene rings is 1. The number of carbonyl (C=O) groups excluding carboxylic acids is 2. The molecule has 0 saturated heterocycles. The topological polar surface area (TPSA) is 131 Å². The molecule has 0 aromatic heterocycles. The van der Waals surface area contributed by atoms with Gasteiger partial charge in [-0.25, -0.2) is 9.18 Å². The molecule has 10 heteroatoms. The first-order chi connectivity index (χ1) is 13.4. The summed E-state index contributed by atoms with van der Waals surface area (Å²) in [6.07, 6.45) is -0.629. The zero-order chi connectivity index (χ0) is 21.9. The van der Waals surface area contributed by atoms with Crippen LogP contribution < -0.4 is 11.5 Å². The van der Waals surface area contributed by atoms with Crippen molar-refractivity contribution >= 4 is 35.0 Å². The molecule has 0 radical (unpaired) electrons. The van der Waals surface area contributed by atoms with Crippen molar-refractivity contribution < 1.29 is 23.8 Å². The molecule has 1 unspecified atom stereocenters. The van der Waals surface area contributed by atoms with Gasteiger partial charge in [-0.05, 0) is 44.5 Å². The van der Waals surface area contributed by atoms with E-state index in [1.54, 1.807) is 20.8 Å². The van der Waals surface area contributed by atoms with E-state index in [0.717, 1.165) is 6.07 Å². The second-order valence-corrected chi connectivity index (χ2v) is 7.96. The average molecular weight is 427 g/mol. The number of hydrogen-bond acceptors (Lipinski definition) is 6. The number of amides is 2. The van der Waals surface area contributed by atoms with Crippen LogP contribution in [-0.4, -0.2) is 59.1 Å². The fourth-order valence-corrected chi connectivity index (χ4v) is 2.93. The van der Waals surface area contributed by atoms with Crippen LogP contribution in [0.4, 0.5) is 9.18 Å². The minimum absolute atomic E-state index is 0.0686. The Kier molecular flexibility index (Phi) is 6.86. The minimum Gasteiger partial charge on any atom is -0.444 e. The predicted octanol–water partition coefficient (Wildman–Crippen LogP) is 1.69. The maximum Gasteiger partial charge on any atom is 0.410 e. The maximum absolute atomic E-state index is 13.5. The number of hydrogen-bond donors (Lipinski definition) is 3. The number of aliphatic hydroxyl groups is 1. The number of nitrogens with two attached hydrogens (primary N) is 2. The highest BCUT2D eigenvalue weighted by Gasteiger charge is 2.32. The largest absolute Gasteiger partial charge is 0.444 e. The van der Waals surface area contributed by atoms with Crippen molar-refractivity contribution in [2.24, 2.45) is 16.5 Å². The summed E-state index contributed by atoms with van der Waals surface area (Å²) in [5.41, 5.74) is 11.1. The van der Waals surface area contributed by atoms with Crippen LogP contribution in [-0.2, 0) is 9.53 Å². The van der Waals surface area contributed by atoms with Gasteiger partial charge in [-0.3, -0.25) is 9.79 Å². The van der Waals surface area contributed by atoms with Gasteiger partial charge in [0.25, 0.3) is 5.91 Å². The number of aliphatic hydroxyl groups excluding tert-OH is 1. The lowest BCUT2D eigenvalue weighted by Gasteiger charge is -2.33. The predicted molar refractivity (Wildman–Crippen MR) is 108 cm³/mol. The number of halogens is 2. The van der Waals surface area contributed by atoms with Gasteiger partial charge < -0.3 is 26.2 Å². The van der Waals surface area contributed by atoms with Crippen LogP contribution >= 0.6 is 11.6 Å². The lowest BCUT2D eigenvalue weighted by molar-refractivity contribution is -0.114. The van der Waals surface area contributed by atoms with Gasteiger partial charge in [-0.15, -0.1) is 0 Å². The van der Waals surface area contributed by atoms with Crippen LogP contribution in [0, 0.1) is 5.82 Å². The Morgan fingerprint density at radius 2 is 2.03 bits per heavy atom. The molecule has 0 fully saturated rings. The Bertz CT molecular complexity index is 879. The molecule has 1 aliphatic rings. The number of rotatable bonds is 4. The van der Waals surface area contributed by atoms with Crippen LogP contribution in [0.1, 0.15) is 26.3 Å². The van der Waals surface area contributed by atoms with Crippen molar-refractivity contribution in [3.63, 3.8) is 0 Å². The highest BCUT2D eigenvalue weighted by atomic mass is 35.5. The molecule has 158 valence electrons. The standard InChI is InChI=1S/C19H24ClFN4O4/c1-19(2,3)29-18(28)25-7-11(9-26)24-14(8-25)15(17(23)27)16(22)10-4-5-13(21)12(20)6-10/h4-6,11,26H,7-9,22H2,1-3H3,(H2,23,27). The monoisotopic (exact) mass is 426 g/mol. The summed E-state index contributed by atoms with van der Waals surface area (Å²) in [6, 6.07) is 3.02. The average Bonchev–Trinajstić information content (AvgIpc) is 2.62. The van der Waals surface area contributed by atoms with E-state index in [-0.39, 0.29) is 47.3 Å². The molecule has 1 heterocycles. The molecular formula is C19H24ClFN4O4. The molecule has 5 N–H and O–H groups in total. The summed E-state index contributed by atoms with van der Waals surface area (Å²) in [5, 5.41) is 9.40. The highest BCUT2D eigenvalue weighted by molar-refractivity contribution is 6.31. The van der Waals surface area contributed by atoms with E-state index >= 15 is 0 Å². The Balaban J connectivity index is 2.47. The molecule has 0 spiro atoms. The number of nitrogens with zero attached hydrogens (tertiary/aromatic N) is 2. The van der Waals surface area contributed by atoms with E-state index in [1.807, 2.05) is 0 Å². The highest BCUT2D eigenvalue weighted by Crippen LogP contribution is 2.23. The van der Waals surface area contributed by atoms with Gasteiger partial charge in [0.2, 0.25) is 0 Å². The third-order valence-corrected chi connectivity index (χ3v) is 4.30. The molecule has 0 bridgehead atoms. The van der Waals surface area contributed by atoms with Gasteiger partial charge in [0.1, 0.15) is 11.4 Å². The van der Waals surface area contributed by atoms with E-state index in [1.165, 1.54) is 17.0 Å². The van der Waals surface area contributed by atoms with Crippen molar-refractivity contribution in [2.45, 2.75) is 32.4 Å². The summed E-state index contributed by atoms with van der Waals surface area (Å²) in [4.78, 5) is 30.3. The first-order valence-electron chi connectivity index (χ1n) is 8.83. The normalized spacial score (nSPS) is 18.1.